The summed E-state index contributed by atoms with van der Waals surface area (Å²) in [7, 11) is 0. The van der Waals surface area contributed by atoms with Crippen LogP contribution in [0.1, 0.15) is 78.6 Å². The molecule has 0 heterocycles. The summed E-state index contributed by atoms with van der Waals surface area (Å²) in [6.07, 6.45) is 12.0. The van der Waals surface area contributed by atoms with E-state index < -0.39 is 0 Å². The molecule has 19 heavy (non-hydrogen) atoms. The van der Waals surface area contributed by atoms with Gasteiger partial charge in [-0.05, 0) is 37.1 Å². The first-order valence-electron chi connectivity index (χ1n) is 8.51. The minimum atomic E-state index is 0.429. The summed E-state index contributed by atoms with van der Waals surface area (Å²) in [4.78, 5) is 0. The van der Waals surface area contributed by atoms with Gasteiger partial charge in [0.05, 0.1) is 0 Å². The zero-order valence-corrected chi connectivity index (χ0v) is 13.5. The van der Waals surface area contributed by atoms with Crippen LogP contribution in [0.25, 0.3) is 0 Å². The summed E-state index contributed by atoms with van der Waals surface area (Å²) >= 11 is 0. The lowest BCUT2D eigenvalue weighted by molar-refractivity contribution is 0.282. The number of nitrogens with one attached hydrogen (secondary N) is 1. The van der Waals surface area contributed by atoms with Crippen molar-refractivity contribution < 1.29 is 0 Å². The Labute approximate surface area is 120 Å². The van der Waals surface area contributed by atoms with Crippen molar-refractivity contribution in [2.45, 2.75) is 84.6 Å². The van der Waals surface area contributed by atoms with Crippen molar-refractivity contribution in [3.63, 3.8) is 0 Å². The minimum absolute atomic E-state index is 0.429. The van der Waals surface area contributed by atoms with E-state index >= 15 is 0 Å². The van der Waals surface area contributed by atoms with Gasteiger partial charge in [0.2, 0.25) is 0 Å². The molecule has 3 N–H and O–H groups in total. The van der Waals surface area contributed by atoms with Crippen molar-refractivity contribution in [1.29, 1.82) is 0 Å². The van der Waals surface area contributed by atoms with Crippen LogP contribution in [-0.4, -0.2) is 19.1 Å². The molecule has 2 atom stereocenters. The second-order valence-electron chi connectivity index (χ2n) is 7.31. The molecule has 1 saturated carbocycles. The normalized spacial score (nSPS) is 25.3. The molecule has 0 aromatic carbocycles. The Bertz CT molecular complexity index is 225. The fraction of sp³-hybridized carbons (Fsp3) is 1.00. The molecule has 2 heteroatoms. The van der Waals surface area contributed by atoms with E-state index in [-0.39, 0.29) is 0 Å². The second-order valence-corrected chi connectivity index (χ2v) is 7.31. The predicted octanol–water partition coefficient (Wildman–Crippen LogP) is 4.09. The third-order valence-corrected chi connectivity index (χ3v) is 4.69. The van der Waals surface area contributed by atoms with E-state index in [0.29, 0.717) is 17.4 Å². The summed E-state index contributed by atoms with van der Waals surface area (Å²) < 4.78 is 0. The van der Waals surface area contributed by atoms with E-state index in [0.717, 1.165) is 13.1 Å². The highest BCUT2D eigenvalue weighted by molar-refractivity contribution is 4.80. The molecule has 0 spiro atoms. The third kappa shape index (κ3) is 7.31. The van der Waals surface area contributed by atoms with Gasteiger partial charge in [0.15, 0.2) is 0 Å². The first-order chi connectivity index (χ1) is 9.05. The molecule has 114 valence electrons. The second kappa shape index (κ2) is 8.97. The van der Waals surface area contributed by atoms with Crippen LogP contribution in [0, 0.1) is 11.3 Å². The summed E-state index contributed by atoms with van der Waals surface area (Å²) in [6, 6.07) is 0.429. The van der Waals surface area contributed by atoms with Gasteiger partial charge in [-0.25, -0.2) is 0 Å². The van der Waals surface area contributed by atoms with Crippen LogP contribution in [0.15, 0.2) is 0 Å². The molecule has 1 aliphatic rings. The summed E-state index contributed by atoms with van der Waals surface area (Å²) in [5.41, 5.74) is 6.72. The van der Waals surface area contributed by atoms with Crippen LogP contribution < -0.4 is 11.1 Å². The average Bonchev–Trinajstić information content (AvgIpc) is 2.55. The van der Waals surface area contributed by atoms with Gasteiger partial charge in [0, 0.05) is 12.6 Å². The molecule has 2 nitrogen and oxygen atoms in total. The van der Waals surface area contributed by atoms with Crippen LogP contribution in [0.4, 0.5) is 0 Å². The standard InChI is InChI=1S/C17H36N2/c1-4-5-9-12-17(2,3)14-19-13-15-10-7-6-8-11-16(15)18/h15-16,19H,4-14,18H2,1-3H3. The Balaban J connectivity index is 2.20. The van der Waals surface area contributed by atoms with E-state index in [4.69, 9.17) is 5.73 Å². The number of hydrogen-bond donors (Lipinski definition) is 2. The zero-order valence-electron chi connectivity index (χ0n) is 13.5. The molecule has 0 aromatic rings. The lowest BCUT2D eigenvalue weighted by atomic mass is 9.86. The fourth-order valence-electron chi connectivity index (χ4n) is 3.20. The predicted molar refractivity (Wildman–Crippen MR) is 85.3 cm³/mol. The van der Waals surface area contributed by atoms with Crippen molar-refractivity contribution in [3.05, 3.63) is 0 Å². The van der Waals surface area contributed by atoms with Gasteiger partial charge in [-0.3, -0.25) is 0 Å². The number of rotatable bonds is 8. The molecule has 0 aliphatic heterocycles. The van der Waals surface area contributed by atoms with Gasteiger partial charge in [-0.15, -0.1) is 0 Å². The van der Waals surface area contributed by atoms with Crippen LogP contribution in [-0.2, 0) is 0 Å². The van der Waals surface area contributed by atoms with Gasteiger partial charge in [-0.1, -0.05) is 59.3 Å². The molecule has 1 rings (SSSR count). The largest absolute Gasteiger partial charge is 0.327 e. The fourth-order valence-corrected chi connectivity index (χ4v) is 3.20. The van der Waals surface area contributed by atoms with Gasteiger partial charge >= 0.3 is 0 Å². The van der Waals surface area contributed by atoms with E-state index in [9.17, 15) is 0 Å². The Kier molecular flexibility index (Phi) is 8.01. The molecular formula is C17H36N2. The lowest BCUT2D eigenvalue weighted by Crippen LogP contribution is -2.39. The van der Waals surface area contributed by atoms with Crippen molar-refractivity contribution in [1.82, 2.24) is 5.32 Å². The molecule has 2 unspecified atom stereocenters. The van der Waals surface area contributed by atoms with Crippen molar-refractivity contribution in [3.8, 4) is 0 Å². The topological polar surface area (TPSA) is 38.0 Å². The lowest BCUT2D eigenvalue weighted by Gasteiger charge is -2.28. The highest BCUT2D eigenvalue weighted by Crippen LogP contribution is 2.24. The van der Waals surface area contributed by atoms with E-state index in [1.54, 1.807) is 0 Å². The Morgan fingerprint density at radius 1 is 1.11 bits per heavy atom. The maximum absolute atomic E-state index is 6.29. The van der Waals surface area contributed by atoms with E-state index in [2.05, 4.69) is 26.1 Å². The van der Waals surface area contributed by atoms with Gasteiger partial charge < -0.3 is 11.1 Å². The molecule has 0 amide bonds. The maximum Gasteiger partial charge on any atom is 0.00792 e. The van der Waals surface area contributed by atoms with Crippen LogP contribution in [0.2, 0.25) is 0 Å². The SMILES string of the molecule is CCCCCC(C)(C)CNCC1CCCCCC1N. The van der Waals surface area contributed by atoms with Crippen molar-refractivity contribution in [2.24, 2.45) is 17.1 Å². The molecule has 1 aliphatic carbocycles. The Morgan fingerprint density at radius 2 is 1.84 bits per heavy atom. The highest BCUT2D eigenvalue weighted by Gasteiger charge is 2.22. The molecular weight excluding hydrogens is 232 g/mol. The number of unbranched alkanes of at least 4 members (excludes halogenated alkanes) is 2. The van der Waals surface area contributed by atoms with Crippen LogP contribution in [0.3, 0.4) is 0 Å². The molecule has 1 fully saturated rings. The Morgan fingerprint density at radius 3 is 2.58 bits per heavy atom. The number of nitrogens with two attached hydrogens (primary N) is 1. The summed E-state index contributed by atoms with van der Waals surface area (Å²) in [5, 5.41) is 3.70. The van der Waals surface area contributed by atoms with Crippen molar-refractivity contribution in [2.75, 3.05) is 13.1 Å². The summed E-state index contributed by atoms with van der Waals surface area (Å²) in [5.74, 6) is 0.703. The highest BCUT2D eigenvalue weighted by atomic mass is 14.9. The van der Waals surface area contributed by atoms with Crippen LogP contribution in [0.5, 0.6) is 0 Å². The molecule has 0 aromatic heterocycles. The maximum atomic E-state index is 6.29. The third-order valence-electron chi connectivity index (χ3n) is 4.69. The molecule has 0 radical (unpaired) electrons. The monoisotopic (exact) mass is 268 g/mol. The van der Waals surface area contributed by atoms with Gasteiger partial charge in [0.1, 0.15) is 0 Å². The summed E-state index contributed by atoms with van der Waals surface area (Å²) in [6.45, 7) is 9.32. The van der Waals surface area contributed by atoms with Gasteiger partial charge in [-0.2, -0.15) is 0 Å². The minimum Gasteiger partial charge on any atom is -0.327 e. The first-order valence-corrected chi connectivity index (χ1v) is 8.51. The van der Waals surface area contributed by atoms with Crippen LogP contribution >= 0.6 is 0 Å². The Hall–Kier alpha value is -0.0800. The first kappa shape index (κ1) is 17.0. The van der Waals surface area contributed by atoms with Gasteiger partial charge in [0.25, 0.3) is 0 Å². The molecule has 0 saturated heterocycles. The van der Waals surface area contributed by atoms with E-state index in [1.807, 2.05) is 0 Å². The average molecular weight is 268 g/mol. The van der Waals surface area contributed by atoms with E-state index in [1.165, 1.54) is 57.8 Å². The number of hydrogen-bond acceptors (Lipinski definition) is 2. The quantitative estimate of drug-likeness (QED) is 0.514. The zero-order chi connectivity index (χ0) is 14.1. The van der Waals surface area contributed by atoms with Crippen molar-refractivity contribution >= 4 is 0 Å². The molecule has 0 bridgehead atoms. The smallest absolute Gasteiger partial charge is 0.00792 e.